The Bertz CT molecular complexity index is 537. The molecular weight excluding hydrogens is 292 g/mol. The maximum atomic E-state index is 12.6. The molecule has 0 atom stereocenters. The van der Waals surface area contributed by atoms with Crippen molar-refractivity contribution in [3.05, 3.63) is 29.8 Å². The summed E-state index contributed by atoms with van der Waals surface area (Å²) >= 11 is 0. The molecule has 126 valence electrons. The van der Waals surface area contributed by atoms with Gasteiger partial charge in [-0.3, -0.25) is 9.59 Å². The highest BCUT2D eigenvalue weighted by atomic mass is 16.5. The molecule has 0 aromatic heterocycles. The molecule has 1 aliphatic rings. The molecule has 1 N–H and O–H groups in total. The van der Waals surface area contributed by atoms with Gasteiger partial charge in [0, 0.05) is 25.6 Å². The minimum Gasteiger partial charge on any atom is -0.496 e. The predicted octanol–water partition coefficient (Wildman–Crippen LogP) is 2.46. The van der Waals surface area contributed by atoms with Gasteiger partial charge in [-0.1, -0.05) is 25.5 Å². The van der Waals surface area contributed by atoms with Gasteiger partial charge in [-0.25, -0.2) is 0 Å². The molecular formula is C18H26N2O3. The third kappa shape index (κ3) is 4.47. The number of benzene rings is 1. The molecule has 1 aromatic rings. The van der Waals surface area contributed by atoms with Crippen LogP contribution in [0.5, 0.6) is 5.75 Å². The first-order chi connectivity index (χ1) is 11.2. The van der Waals surface area contributed by atoms with Crippen LogP contribution in [0.2, 0.25) is 0 Å². The van der Waals surface area contributed by atoms with E-state index in [1.807, 2.05) is 17.0 Å². The molecule has 1 fully saturated rings. The number of piperidine rings is 1. The SMILES string of the molecule is CCCCNC(=O)C1CCN(C(=O)c2ccccc2OC)CC1. The standard InChI is InChI=1S/C18H26N2O3/c1-3-4-11-19-17(21)14-9-12-20(13-10-14)18(22)15-7-5-6-8-16(15)23-2/h5-8,14H,3-4,9-13H2,1-2H3,(H,19,21). The number of carbonyl (C=O) groups excluding carboxylic acids is 2. The first-order valence-corrected chi connectivity index (χ1v) is 8.37. The molecule has 1 aliphatic heterocycles. The van der Waals surface area contributed by atoms with E-state index < -0.39 is 0 Å². The van der Waals surface area contributed by atoms with Crippen LogP contribution in [0.1, 0.15) is 43.0 Å². The summed E-state index contributed by atoms with van der Waals surface area (Å²) in [6.07, 6.45) is 3.53. The largest absolute Gasteiger partial charge is 0.496 e. The number of carbonyl (C=O) groups is 2. The van der Waals surface area contributed by atoms with Gasteiger partial charge in [-0.15, -0.1) is 0 Å². The number of nitrogens with zero attached hydrogens (tertiary/aromatic N) is 1. The van der Waals surface area contributed by atoms with Crippen molar-refractivity contribution in [1.82, 2.24) is 10.2 Å². The number of amides is 2. The minimum absolute atomic E-state index is 0.0210. The number of hydrogen-bond acceptors (Lipinski definition) is 3. The van der Waals surface area contributed by atoms with Crippen molar-refractivity contribution in [3.8, 4) is 5.75 Å². The lowest BCUT2D eigenvalue weighted by Crippen LogP contribution is -2.43. The first-order valence-electron chi connectivity index (χ1n) is 8.37. The molecule has 0 saturated carbocycles. The summed E-state index contributed by atoms with van der Waals surface area (Å²) in [6, 6.07) is 7.26. The normalized spacial score (nSPS) is 15.3. The van der Waals surface area contributed by atoms with Crippen molar-refractivity contribution in [3.63, 3.8) is 0 Å². The Morgan fingerprint density at radius 2 is 1.96 bits per heavy atom. The topological polar surface area (TPSA) is 58.6 Å². The summed E-state index contributed by atoms with van der Waals surface area (Å²) in [5.41, 5.74) is 0.584. The number of unbranched alkanes of at least 4 members (excludes halogenated alkanes) is 1. The van der Waals surface area contributed by atoms with Crippen LogP contribution in [-0.4, -0.2) is 43.5 Å². The molecule has 5 heteroatoms. The van der Waals surface area contributed by atoms with Gasteiger partial charge in [0.1, 0.15) is 5.75 Å². The Hall–Kier alpha value is -2.04. The van der Waals surface area contributed by atoms with Crippen molar-refractivity contribution >= 4 is 11.8 Å². The zero-order valence-electron chi connectivity index (χ0n) is 14.0. The van der Waals surface area contributed by atoms with Crippen LogP contribution in [0.25, 0.3) is 0 Å². The van der Waals surface area contributed by atoms with Gasteiger partial charge >= 0.3 is 0 Å². The van der Waals surface area contributed by atoms with E-state index in [4.69, 9.17) is 4.74 Å². The molecule has 23 heavy (non-hydrogen) atoms. The minimum atomic E-state index is -0.0210. The van der Waals surface area contributed by atoms with Crippen molar-refractivity contribution in [2.75, 3.05) is 26.7 Å². The quantitative estimate of drug-likeness (QED) is 0.820. The summed E-state index contributed by atoms with van der Waals surface area (Å²) < 4.78 is 5.26. The predicted molar refractivity (Wildman–Crippen MR) is 89.5 cm³/mol. The number of hydrogen-bond donors (Lipinski definition) is 1. The zero-order chi connectivity index (χ0) is 16.7. The van der Waals surface area contributed by atoms with E-state index in [2.05, 4.69) is 12.2 Å². The van der Waals surface area contributed by atoms with Crippen molar-refractivity contribution < 1.29 is 14.3 Å². The molecule has 1 saturated heterocycles. The highest BCUT2D eigenvalue weighted by molar-refractivity contribution is 5.97. The maximum absolute atomic E-state index is 12.6. The lowest BCUT2D eigenvalue weighted by atomic mass is 9.95. The Morgan fingerprint density at radius 1 is 1.26 bits per heavy atom. The van der Waals surface area contributed by atoms with E-state index in [-0.39, 0.29) is 17.7 Å². The van der Waals surface area contributed by atoms with Crippen molar-refractivity contribution in [2.24, 2.45) is 5.92 Å². The summed E-state index contributed by atoms with van der Waals surface area (Å²) in [5, 5.41) is 2.98. The van der Waals surface area contributed by atoms with Crippen LogP contribution in [0.15, 0.2) is 24.3 Å². The van der Waals surface area contributed by atoms with Gasteiger partial charge in [0.2, 0.25) is 5.91 Å². The van der Waals surface area contributed by atoms with Crippen molar-refractivity contribution in [1.29, 1.82) is 0 Å². The molecule has 0 bridgehead atoms. The third-order valence-electron chi connectivity index (χ3n) is 4.32. The number of rotatable bonds is 6. The second-order valence-electron chi connectivity index (χ2n) is 5.91. The van der Waals surface area contributed by atoms with Gasteiger partial charge in [0.15, 0.2) is 0 Å². The van der Waals surface area contributed by atoms with E-state index >= 15 is 0 Å². The van der Waals surface area contributed by atoms with E-state index in [9.17, 15) is 9.59 Å². The summed E-state index contributed by atoms with van der Waals surface area (Å²) in [7, 11) is 1.57. The first kappa shape index (κ1) is 17.3. The fourth-order valence-corrected chi connectivity index (χ4v) is 2.87. The Kier molecular flexibility index (Phi) is 6.44. The fraction of sp³-hybridized carbons (Fsp3) is 0.556. The zero-order valence-corrected chi connectivity index (χ0v) is 14.0. The number of nitrogens with one attached hydrogen (secondary N) is 1. The fourth-order valence-electron chi connectivity index (χ4n) is 2.87. The third-order valence-corrected chi connectivity index (χ3v) is 4.32. The van der Waals surface area contributed by atoms with Gasteiger partial charge in [-0.05, 0) is 31.4 Å². The molecule has 0 aliphatic carbocycles. The van der Waals surface area contributed by atoms with E-state index in [0.29, 0.717) is 24.4 Å². The second kappa shape index (κ2) is 8.56. The average molecular weight is 318 g/mol. The Balaban J connectivity index is 1.89. The maximum Gasteiger partial charge on any atom is 0.257 e. The molecule has 2 amide bonds. The lowest BCUT2D eigenvalue weighted by Gasteiger charge is -2.31. The van der Waals surface area contributed by atoms with Crippen LogP contribution in [0, 0.1) is 5.92 Å². The average Bonchev–Trinajstić information content (AvgIpc) is 2.61. The molecule has 0 unspecified atom stereocenters. The molecule has 2 rings (SSSR count). The van der Waals surface area contributed by atoms with Crippen molar-refractivity contribution in [2.45, 2.75) is 32.6 Å². The summed E-state index contributed by atoms with van der Waals surface area (Å²) in [6.45, 7) is 4.08. The molecule has 0 radical (unpaired) electrons. The summed E-state index contributed by atoms with van der Waals surface area (Å²) in [5.74, 6) is 0.723. The van der Waals surface area contributed by atoms with Crippen LogP contribution < -0.4 is 10.1 Å². The van der Waals surface area contributed by atoms with Crippen LogP contribution in [-0.2, 0) is 4.79 Å². The van der Waals surface area contributed by atoms with Crippen LogP contribution >= 0.6 is 0 Å². The van der Waals surface area contributed by atoms with Crippen LogP contribution in [0.3, 0.4) is 0 Å². The van der Waals surface area contributed by atoms with E-state index in [1.54, 1.807) is 19.2 Å². The smallest absolute Gasteiger partial charge is 0.257 e. The summed E-state index contributed by atoms with van der Waals surface area (Å²) in [4.78, 5) is 26.5. The van der Waals surface area contributed by atoms with E-state index in [1.165, 1.54) is 0 Å². The van der Waals surface area contributed by atoms with Gasteiger partial charge in [0.05, 0.1) is 12.7 Å². The lowest BCUT2D eigenvalue weighted by molar-refractivity contribution is -0.126. The highest BCUT2D eigenvalue weighted by Gasteiger charge is 2.28. The monoisotopic (exact) mass is 318 g/mol. The van der Waals surface area contributed by atoms with Gasteiger partial charge in [-0.2, -0.15) is 0 Å². The number of likely N-dealkylation sites (tertiary alicyclic amines) is 1. The highest BCUT2D eigenvalue weighted by Crippen LogP contribution is 2.23. The van der Waals surface area contributed by atoms with E-state index in [0.717, 1.165) is 32.2 Å². The second-order valence-corrected chi connectivity index (χ2v) is 5.91. The van der Waals surface area contributed by atoms with Gasteiger partial charge in [0.25, 0.3) is 5.91 Å². The number of para-hydroxylation sites is 1. The molecule has 0 spiro atoms. The molecule has 1 heterocycles. The van der Waals surface area contributed by atoms with Gasteiger partial charge < -0.3 is 15.0 Å². The van der Waals surface area contributed by atoms with Crippen LogP contribution in [0.4, 0.5) is 0 Å². The number of ether oxygens (including phenoxy) is 1. The Labute approximate surface area is 138 Å². The molecule has 1 aromatic carbocycles. The molecule has 5 nitrogen and oxygen atoms in total. The number of methoxy groups -OCH3 is 1. The Morgan fingerprint density at radius 3 is 2.61 bits per heavy atom.